The van der Waals surface area contributed by atoms with Crippen LogP contribution in [0, 0.1) is 23.3 Å². The third-order valence-electron chi connectivity index (χ3n) is 13.5. The van der Waals surface area contributed by atoms with E-state index < -0.39 is 38.2 Å². The number of carboxylic acid groups (broad SMARTS) is 2. The van der Waals surface area contributed by atoms with Crippen LogP contribution in [0.4, 0.5) is 26.3 Å². The van der Waals surface area contributed by atoms with Gasteiger partial charge in [-0.3, -0.25) is 28.7 Å². The first-order chi connectivity index (χ1) is 61.5. The number of aromatic nitrogens is 8. The Kier molecular flexibility index (Phi) is 64.9. The molecule has 0 saturated heterocycles. The molecule has 8 aromatic heterocycles. The molecule has 0 fully saturated rings. The van der Waals surface area contributed by atoms with Crippen LogP contribution in [-0.4, -0.2) is 209 Å². The van der Waals surface area contributed by atoms with Crippen LogP contribution in [0.1, 0.15) is 124 Å². The van der Waals surface area contributed by atoms with Gasteiger partial charge in [-0.25, -0.2) is 46.3 Å². The first kappa shape index (κ1) is 116. The first-order valence-electron chi connectivity index (χ1n) is 37.0. The number of alkyl halides is 2. The van der Waals surface area contributed by atoms with Crippen LogP contribution in [0.25, 0.3) is 45.3 Å². The molecule has 0 bridgehead atoms. The highest BCUT2D eigenvalue weighted by Crippen LogP contribution is 2.26. The number of hydrogen-bond donors (Lipinski definition) is 6. The van der Waals surface area contributed by atoms with Crippen molar-refractivity contribution in [2.45, 2.75) is 57.4 Å². The maximum absolute atomic E-state index is 12.8. The lowest BCUT2D eigenvalue weighted by molar-refractivity contribution is -0.138. The van der Waals surface area contributed by atoms with Gasteiger partial charge < -0.3 is 77.9 Å². The normalized spacial score (nSPS) is 10.0. The van der Waals surface area contributed by atoms with Crippen LogP contribution >= 0.6 is 23.2 Å². The fourth-order valence-corrected chi connectivity index (χ4v) is 8.32. The van der Waals surface area contributed by atoms with Crippen molar-refractivity contribution >= 4 is 81.8 Å². The summed E-state index contributed by atoms with van der Waals surface area (Å²) in [5.41, 5.74) is 6.28. The lowest BCUT2D eigenvalue weighted by Crippen LogP contribution is -2.05. The van der Waals surface area contributed by atoms with Crippen molar-refractivity contribution in [3.8, 4) is 45.3 Å². The number of esters is 4. The predicted molar refractivity (Wildman–Crippen MR) is 477 cm³/mol. The molecule has 0 radical (unpaired) electrons. The minimum Gasteiger partial charge on any atom is -0.477 e. The van der Waals surface area contributed by atoms with E-state index in [1.54, 1.807) is 142 Å². The molecule has 700 valence electrons. The molecule has 0 aliphatic carbocycles. The molecule has 0 saturated carbocycles. The molecule has 0 spiro atoms. The number of carboxylic acids is 2. The number of rotatable bonds is 20. The molecule has 12 rings (SSSR count). The van der Waals surface area contributed by atoms with E-state index in [0.29, 0.717) is 76.1 Å². The molecule has 130 heavy (non-hydrogen) atoms. The summed E-state index contributed by atoms with van der Waals surface area (Å²) in [6.45, 7) is 8.45. The summed E-state index contributed by atoms with van der Waals surface area (Å²) in [4.78, 5) is 85.1. The molecular weight excluding hydrogens is 1760 g/mol. The van der Waals surface area contributed by atoms with Crippen LogP contribution in [0.15, 0.2) is 283 Å². The Labute approximate surface area is 759 Å². The second-order valence-electron chi connectivity index (χ2n) is 22.7. The zero-order chi connectivity index (χ0) is 95.4. The number of pyridine rings is 4. The maximum atomic E-state index is 12.8. The summed E-state index contributed by atoms with van der Waals surface area (Å²) in [6.07, 6.45) is 21.3. The average molecular weight is 1860 g/mol. The summed E-state index contributed by atoms with van der Waals surface area (Å²) in [5.74, 6) is -5.15. The number of benzene rings is 4. The standard InChI is InChI=1S/C12H10FNO3.C11H10N2O3.C10H6FNO3.C9H6N2O3.C7H5ClFNO.C7H6FNO.2C7H13NO2.C6H5ClN2O.C6H6N2O.2CH3F.4CH4/c1-2-16-12(15)10-7-17-14-11(10)8-3-5-9(13)6-4-8;1-2-15-11(14)8-7-16-13-10(8)9-5-3-4-6-12-9;11-7-3-1-6(2-4-7)9-8(10(13)14)5-15-12-9;12-9(13)6-5-14-11-8(6)7-3-1-2-4-10-7;8-7(10-11)5-1-3-6(9)4-2-5;8-7-3-1-6(2-4-7)5-9-10;2*1-4-10-7(9)5-6-8(2)3;7-6(9-10)5-3-1-2-4-8-5;9-8-5-6-2-1-3-7-4-6;2*1-2;;;;/h3-7H,2H2,1H3;3-7H,2H2,1H3;1-5H,(H,13,14);1-5H,(H,12,13);1-4,11H;1-5,10H;2*5-6H,4H2,1-3H3;1-4,10H;1-5,9H;2*1H3;4*1H4/b;;;;10-7+;9-5-;;;9-6+;8-5-;;;;;;/i;;;;;;;;;;2*1D;;;;. The van der Waals surface area contributed by atoms with Crippen molar-refractivity contribution < 1.29 is 126 Å². The minimum absolute atomic E-state index is 0. The smallest absolute Gasteiger partial charge is 0.343 e. The fourth-order valence-electron chi connectivity index (χ4n) is 8.08. The summed E-state index contributed by atoms with van der Waals surface area (Å²) in [5, 5.41) is 75.9. The SMILES string of the molecule is C.C.C.C.CCOC(=O)C=CN(C)C.CCOC(=O)C=CN(C)C.CCOC(=O)c1conc1-c1ccc(F)cc1.CCOC(=O)c1conc1-c1ccccn1.O/N=C(/Cl)c1ccc(F)cc1.O/N=C(/Cl)c1ccccn1.O/N=C\c1ccc(F)cc1.O/N=C\c1cccnc1.O=C(O)c1conc1-c1ccc(F)cc1.O=C(O)c1conc1-c1ccccn1.[2H]CF.[2H]CF. The van der Waals surface area contributed by atoms with E-state index >= 15 is 0 Å². The predicted octanol–water partition coefficient (Wildman–Crippen LogP) is 19.3. The number of carbonyl (C=O) groups excluding carboxylic acids is 4. The largest absolute Gasteiger partial charge is 0.477 e. The molecular formula is C88H102Cl2F6N14O20. The van der Waals surface area contributed by atoms with E-state index in [1.807, 2.05) is 34.3 Å². The molecule has 42 heteroatoms. The van der Waals surface area contributed by atoms with Gasteiger partial charge in [0.25, 0.3) is 0 Å². The van der Waals surface area contributed by atoms with Gasteiger partial charge in [0.05, 0.1) is 67.3 Å². The van der Waals surface area contributed by atoms with E-state index in [4.69, 9.17) is 75.5 Å². The molecule has 0 aliphatic heterocycles. The van der Waals surface area contributed by atoms with Gasteiger partial charge in [0, 0.05) is 106 Å². The zero-order valence-corrected chi connectivity index (χ0v) is 69.7. The Morgan fingerprint density at radius 3 is 1.11 bits per heavy atom. The van der Waals surface area contributed by atoms with E-state index in [-0.39, 0.29) is 110 Å². The number of nitrogens with zero attached hydrogens (tertiary/aromatic N) is 14. The Hall–Kier alpha value is -15.7. The van der Waals surface area contributed by atoms with Crippen LogP contribution in [0.5, 0.6) is 0 Å². The number of aromatic carboxylic acids is 2. The van der Waals surface area contributed by atoms with Crippen LogP contribution in [0.3, 0.4) is 0 Å². The third kappa shape index (κ3) is 49.1. The second-order valence-corrected chi connectivity index (χ2v) is 23.4. The van der Waals surface area contributed by atoms with Crippen molar-refractivity contribution in [3.63, 3.8) is 0 Å². The topological polar surface area (TPSA) is 472 Å². The van der Waals surface area contributed by atoms with Crippen molar-refractivity contribution in [1.29, 1.82) is 0 Å². The molecule has 34 nitrogen and oxygen atoms in total. The van der Waals surface area contributed by atoms with Gasteiger partial charge in [-0.15, -0.1) is 0 Å². The number of ether oxygens (including phenoxy) is 4. The molecule has 0 atom stereocenters. The van der Waals surface area contributed by atoms with E-state index in [1.165, 1.54) is 134 Å². The van der Waals surface area contributed by atoms with E-state index in [2.05, 4.69) is 79.7 Å². The fraction of sp³-hybridized carbons (Fsp3) is 0.205. The number of carbonyl (C=O) groups is 6. The first-order valence-corrected chi connectivity index (χ1v) is 36.4. The monoisotopic (exact) mass is 1860 g/mol. The number of hydrogen-bond acceptors (Lipinski definition) is 32. The van der Waals surface area contributed by atoms with E-state index in [0.717, 1.165) is 18.1 Å². The van der Waals surface area contributed by atoms with Crippen LogP contribution in [-0.2, 0) is 28.5 Å². The molecule has 0 aliphatic rings. The number of oxime groups is 4. The van der Waals surface area contributed by atoms with Gasteiger partial charge in [0.1, 0.15) is 99.0 Å². The Bertz CT molecular complexity index is 5260. The van der Waals surface area contributed by atoms with Gasteiger partial charge in [-0.1, -0.05) is 131 Å². The van der Waals surface area contributed by atoms with Crippen LogP contribution < -0.4 is 0 Å². The molecule has 6 N–H and O–H groups in total. The molecule has 0 unspecified atom stereocenters. The highest BCUT2D eigenvalue weighted by molar-refractivity contribution is 6.69. The third-order valence-corrected chi connectivity index (χ3v) is 14.0. The van der Waals surface area contributed by atoms with Gasteiger partial charge in [-0.05, 0) is 161 Å². The Morgan fingerprint density at radius 2 is 0.769 bits per heavy atom. The quantitative estimate of drug-likeness (QED) is 0.00785. The van der Waals surface area contributed by atoms with Gasteiger partial charge >= 0.3 is 35.8 Å². The van der Waals surface area contributed by atoms with E-state index in [9.17, 15) is 55.1 Å². The highest BCUT2D eigenvalue weighted by Gasteiger charge is 2.22. The zero-order valence-electron chi connectivity index (χ0n) is 70.2. The summed E-state index contributed by atoms with van der Waals surface area (Å²) < 4.78 is 119. The van der Waals surface area contributed by atoms with Crippen molar-refractivity contribution in [2.75, 3.05) is 68.9 Å². The van der Waals surface area contributed by atoms with Crippen LogP contribution in [0.2, 0.25) is 0 Å². The molecule has 0 amide bonds. The Balaban J connectivity index is -0.000000687. The van der Waals surface area contributed by atoms with Crippen molar-refractivity contribution in [2.24, 2.45) is 20.6 Å². The number of halogens is 8. The Morgan fingerprint density at radius 1 is 0.431 bits per heavy atom. The molecule has 12 aromatic rings. The van der Waals surface area contributed by atoms with Gasteiger partial charge in [0.2, 0.25) is 0 Å². The molecule has 4 aromatic carbocycles. The average Bonchev–Trinajstić information content (AvgIpc) is 1.70. The van der Waals surface area contributed by atoms with Crippen molar-refractivity contribution in [3.05, 3.63) is 312 Å². The summed E-state index contributed by atoms with van der Waals surface area (Å²) >= 11 is 10.8. The van der Waals surface area contributed by atoms with Gasteiger partial charge in [0.15, 0.2) is 10.3 Å². The lowest BCUT2D eigenvalue weighted by atomic mass is 10.1. The lowest BCUT2D eigenvalue weighted by Gasteiger charge is -2.02. The van der Waals surface area contributed by atoms with Crippen molar-refractivity contribution in [1.82, 2.24) is 50.4 Å². The second kappa shape index (κ2) is 72.6. The maximum Gasteiger partial charge on any atom is 0.343 e. The summed E-state index contributed by atoms with van der Waals surface area (Å²) in [6, 6.07) is 41.2. The van der Waals surface area contributed by atoms with Gasteiger partial charge in [-0.2, -0.15) is 0 Å². The molecule has 8 heterocycles. The summed E-state index contributed by atoms with van der Waals surface area (Å²) in [7, 11) is 5.37. The minimum atomic E-state index is -1.13. The highest BCUT2D eigenvalue weighted by atomic mass is 35.5.